The summed E-state index contributed by atoms with van der Waals surface area (Å²) in [7, 11) is 3.19. The predicted octanol–water partition coefficient (Wildman–Crippen LogP) is 4.28. The Bertz CT molecular complexity index is 928. The van der Waals surface area contributed by atoms with Crippen molar-refractivity contribution in [3.05, 3.63) is 84.5 Å². The van der Waals surface area contributed by atoms with E-state index >= 15 is 0 Å². The van der Waals surface area contributed by atoms with Gasteiger partial charge in [0.25, 0.3) is 5.66 Å². The van der Waals surface area contributed by atoms with E-state index in [-0.39, 0.29) is 37.8 Å². The van der Waals surface area contributed by atoms with Crippen LogP contribution in [0.2, 0.25) is 0 Å². The van der Waals surface area contributed by atoms with E-state index in [9.17, 15) is 18.4 Å². The Morgan fingerprint density at radius 2 is 2.03 bits per heavy atom. The molecule has 204 valence electrons. The molecule has 1 aromatic carbocycles. The normalized spacial score (nSPS) is 12.9. The zero-order chi connectivity index (χ0) is 27.9. The van der Waals surface area contributed by atoms with Gasteiger partial charge in [0.05, 0.1) is 19.1 Å². The number of allylic oxidation sites excluding steroid dienone is 6. The van der Waals surface area contributed by atoms with Crippen molar-refractivity contribution >= 4 is 27.3 Å². The Labute approximate surface area is 221 Å². The maximum atomic E-state index is 12.8. The van der Waals surface area contributed by atoms with Gasteiger partial charge >= 0.3 is 0 Å². The molecule has 4 N–H and O–H groups in total. The Balaban J connectivity index is 0.00000161. The first-order valence-electron chi connectivity index (χ1n) is 11.8. The molecule has 1 rings (SSSR count). The van der Waals surface area contributed by atoms with E-state index in [1.165, 1.54) is 9.24 Å². The van der Waals surface area contributed by atoms with Crippen LogP contribution in [0.25, 0.3) is 0 Å². The van der Waals surface area contributed by atoms with Crippen molar-refractivity contribution in [3.8, 4) is 0 Å². The number of halogens is 2. The van der Waals surface area contributed by atoms with Crippen molar-refractivity contribution < 1.29 is 23.1 Å². The van der Waals surface area contributed by atoms with Gasteiger partial charge in [0.1, 0.15) is 6.29 Å². The van der Waals surface area contributed by atoms with Crippen molar-refractivity contribution in [2.45, 2.75) is 38.5 Å². The van der Waals surface area contributed by atoms with Crippen LogP contribution in [-0.2, 0) is 27.4 Å². The Hall–Kier alpha value is -3.00. The molecule has 7 nitrogen and oxygen atoms in total. The molecule has 0 aliphatic heterocycles. The molecular formula is C27H39F2N4O3P. The molecule has 0 radical (unpaired) electrons. The van der Waals surface area contributed by atoms with Crippen LogP contribution < -0.4 is 16.5 Å². The number of nitrogens with one attached hydrogen (secondary N) is 2. The summed E-state index contributed by atoms with van der Waals surface area (Å²) in [6.07, 6.45) is 13.9. The fourth-order valence-electron chi connectivity index (χ4n) is 2.80. The largest absolute Gasteiger partial charge is 0.377 e. The van der Waals surface area contributed by atoms with Gasteiger partial charge in [-0.1, -0.05) is 76.5 Å². The zero-order valence-corrected chi connectivity index (χ0v) is 22.7. The average Bonchev–Trinajstić information content (AvgIpc) is 2.86. The van der Waals surface area contributed by atoms with Crippen LogP contribution in [0.1, 0.15) is 30.9 Å². The highest BCUT2D eigenvalue weighted by molar-refractivity contribution is 7.18. The highest BCUT2D eigenvalue weighted by atomic mass is 31.0. The number of carbonyl (C=O) groups excluding carboxylic acids is 2. The van der Waals surface area contributed by atoms with E-state index in [2.05, 4.69) is 22.3 Å². The molecule has 0 aliphatic rings. The van der Waals surface area contributed by atoms with Gasteiger partial charge in [-0.3, -0.25) is 4.79 Å². The quantitative estimate of drug-likeness (QED) is 0.0454. The fraction of sp³-hybridized carbons (Fsp3) is 0.370. The van der Waals surface area contributed by atoms with E-state index in [4.69, 9.17) is 10.6 Å². The second-order valence-electron chi connectivity index (χ2n) is 7.80. The topological polar surface area (TPSA) is 106 Å². The second kappa shape index (κ2) is 21.1. The van der Waals surface area contributed by atoms with Crippen LogP contribution in [0.4, 0.5) is 8.78 Å². The molecule has 0 aliphatic carbocycles. The third-order valence-electron chi connectivity index (χ3n) is 4.61. The molecule has 2 atom stereocenters. The highest BCUT2D eigenvalue weighted by Crippen LogP contribution is 2.25. The molecule has 1 unspecified atom stereocenters. The summed E-state index contributed by atoms with van der Waals surface area (Å²) in [5.74, 6) is 4.66. The lowest BCUT2D eigenvalue weighted by molar-refractivity contribution is -0.125. The minimum absolute atomic E-state index is 0.0324. The third-order valence-corrected chi connectivity index (χ3v) is 4.90. The minimum Gasteiger partial charge on any atom is -0.377 e. The van der Waals surface area contributed by atoms with Crippen LogP contribution in [-0.4, -0.2) is 43.9 Å². The molecule has 1 aromatic rings. The first kappa shape index (κ1) is 34.0. The summed E-state index contributed by atoms with van der Waals surface area (Å²) in [6.45, 7) is 6.06. The number of amides is 1. The summed E-state index contributed by atoms with van der Waals surface area (Å²) < 4.78 is 30.8. The average molecular weight is 537 g/mol. The van der Waals surface area contributed by atoms with E-state index < -0.39 is 11.6 Å². The van der Waals surface area contributed by atoms with Crippen molar-refractivity contribution in [3.63, 3.8) is 0 Å². The number of hydrogen-bond acceptors (Lipinski definition) is 6. The van der Waals surface area contributed by atoms with E-state index in [1.54, 1.807) is 25.3 Å². The van der Waals surface area contributed by atoms with Crippen molar-refractivity contribution in [2.75, 3.05) is 20.2 Å². The molecule has 0 saturated heterocycles. The number of aldehydes is 1. The number of nitrogens with zero attached hydrogens (tertiary/aromatic N) is 1. The van der Waals surface area contributed by atoms with Crippen LogP contribution in [0.3, 0.4) is 0 Å². The number of hydrazone groups is 1. The number of rotatable bonds is 15. The van der Waals surface area contributed by atoms with E-state index in [1.807, 2.05) is 55.5 Å². The molecule has 10 heteroatoms. The van der Waals surface area contributed by atoms with Crippen molar-refractivity contribution in [2.24, 2.45) is 16.9 Å². The van der Waals surface area contributed by atoms with Gasteiger partial charge in [0, 0.05) is 19.4 Å². The summed E-state index contributed by atoms with van der Waals surface area (Å²) in [5, 5.41) is 9.02. The summed E-state index contributed by atoms with van der Waals surface area (Å²) in [4.78, 5) is 22.9. The van der Waals surface area contributed by atoms with Gasteiger partial charge in [-0.05, 0) is 37.6 Å². The maximum absolute atomic E-state index is 12.8. The number of amidine groups is 1. The van der Waals surface area contributed by atoms with Gasteiger partial charge in [0.15, 0.2) is 5.84 Å². The van der Waals surface area contributed by atoms with E-state index in [0.717, 1.165) is 11.1 Å². The SMILES string of the molecule is C=C/C=C\C=C/C.CNC[C@H](CC=O)C(=O)NC(/C=C/Cc1cccc(COCCC(F)(F)P)c1)=N/N. The first-order valence-corrected chi connectivity index (χ1v) is 12.3. The monoisotopic (exact) mass is 536 g/mol. The van der Waals surface area contributed by atoms with Crippen LogP contribution in [0.15, 0.2) is 78.5 Å². The van der Waals surface area contributed by atoms with Gasteiger partial charge < -0.3 is 26.0 Å². The Morgan fingerprint density at radius 3 is 2.62 bits per heavy atom. The van der Waals surface area contributed by atoms with Gasteiger partial charge in [-0.25, -0.2) is 8.78 Å². The van der Waals surface area contributed by atoms with E-state index in [0.29, 0.717) is 19.3 Å². The highest BCUT2D eigenvalue weighted by Gasteiger charge is 2.20. The smallest absolute Gasteiger partial charge is 0.261 e. The van der Waals surface area contributed by atoms with Gasteiger partial charge in [-0.2, -0.15) is 5.10 Å². The molecule has 0 heterocycles. The molecule has 0 spiro atoms. The number of ether oxygens (including phenoxy) is 1. The lowest BCUT2D eigenvalue weighted by Crippen LogP contribution is -2.39. The fourth-order valence-corrected chi connectivity index (χ4v) is 2.91. The molecule has 37 heavy (non-hydrogen) atoms. The zero-order valence-electron chi connectivity index (χ0n) is 21.5. The number of hydrogen-bond donors (Lipinski definition) is 3. The standard InChI is InChI=1S/C20H29F2N4O3P.C7H10/c1-24-13-17(8-10-27)19(28)25-18(26-23)7-3-5-15-4-2-6-16(12-15)14-29-11-9-20(21,22)30;1-3-5-7-6-4-2/h2-4,6-7,10,12,17,24H,5,8-9,11,13-14,23,30H2,1H3,(H,25,26,28);3-7H,1H2,2H3/b7-3+;6-4-,7-5-/t17-;/m0./s1. The number of benzene rings is 1. The summed E-state index contributed by atoms with van der Waals surface area (Å²) >= 11 is 0. The molecule has 0 fully saturated rings. The number of alkyl halides is 2. The molecule has 1 amide bonds. The summed E-state index contributed by atoms with van der Waals surface area (Å²) in [6, 6.07) is 7.53. The minimum atomic E-state index is -2.81. The van der Waals surface area contributed by atoms with Gasteiger partial charge in [-0.15, -0.1) is 0 Å². The third kappa shape index (κ3) is 18.9. The predicted molar refractivity (Wildman–Crippen MR) is 150 cm³/mol. The first-order chi connectivity index (χ1) is 17.7. The molecule has 0 saturated carbocycles. The number of nitrogens with two attached hydrogens (primary N) is 1. The lowest BCUT2D eigenvalue weighted by Gasteiger charge is -2.13. The van der Waals surface area contributed by atoms with Crippen molar-refractivity contribution in [1.82, 2.24) is 10.6 Å². The molecule has 0 bridgehead atoms. The lowest BCUT2D eigenvalue weighted by atomic mass is 10.1. The van der Waals surface area contributed by atoms with Gasteiger partial charge in [0.2, 0.25) is 5.91 Å². The molecule has 0 aromatic heterocycles. The van der Waals surface area contributed by atoms with Crippen LogP contribution in [0.5, 0.6) is 0 Å². The van der Waals surface area contributed by atoms with Crippen molar-refractivity contribution in [1.29, 1.82) is 0 Å². The Kier molecular flexibility index (Phi) is 19.4. The van der Waals surface area contributed by atoms with Crippen LogP contribution in [0, 0.1) is 5.92 Å². The second-order valence-corrected chi connectivity index (χ2v) is 8.64. The van der Waals surface area contributed by atoms with Crippen LogP contribution >= 0.6 is 9.24 Å². The maximum Gasteiger partial charge on any atom is 0.261 e. The number of carbonyl (C=O) groups is 2. The Morgan fingerprint density at radius 1 is 1.30 bits per heavy atom. The summed E-state index contributed by atoms with van der Waals surface area (Å²) in [5.41, 5.74) is -0.969. The molecular weight excluding hydrogens is 497 g/mol.